The summed E-state index contributed by atoms with van der Waals surface area (Å²) in [4.78, 5) is 0. The monoisotopic (exact) mass is 1690 g/mol. The topological polar surface area (TPSA) is 69.2 Å². The van der Waals surface area contributed by atoms with E-state index in [1.807, 2.05) is 20.8 Å². The number of hydrogen-bond acceptors (Lipinski definition) is 3. The van der Waals surface area contributed by atoms with Crippen LogP contribution in [0.3, 0.4) is 0 Å². The molecule has 636 valence electrons. The van der Waals surface area contributed by atoms with Crippen LogP contribution in [-0.4, -0.2) is 61.5 Å². The Balaban J connectivity index is 0.000000202. The molecule has 0 N–H and O–H groups in total. The van der Waals surface area contributed by atoms with Crippen molar-refractivity contribution < 1.29 is 108 Å². The molecule has 0 bridgehead atoms. The Hall–Kier alpha value is -10.8. The molecule has 0 spiro atoms. The Morgan fingerprint density at radius 1 is 0.207 bits per heavy atom. The van der Waals surface area contributed by atoms with Gasteiger partial charge in [0.1, 0.15) is 124 Å². The van der Waals surface area contributed by atoms with Crippen LogP contribution in [0, 0.1) is 105 Å². The Labute approximate surface area is 693 Å². The van der Waals surface area contributed by atoms with Crippen LogP contribution >= 0.6 is 0 Å². The van der Waals surface area contributed by atoms with Gasteiger partial charge in [-0.25, -0.2) is 79.0 Å². The lowest BCUT2D eigenvalue weighted by atomic mass is 9.71. The predicted octanol–water partition coefficient (Wildman–Crippen LogP) is 22.0. The number of unbranched alkanes of at least 4 members (excludes halogenated alkanes) is 6. The summed E-state index contributed by atoms with van der Waals surface area (Å²) in [6.45, 7) is 6.03. The van der Waals surface area contributed by atoms with E-state index in [9.17, 15) is 0 Å². The minimum atomic E-state index is -2.92. The smallest absolute Gasteiger partial charge is 0.193 e. The molecule has 0 heterocycles. The standard InChI is InChI=1S/3C32H30F6N.BO3/c3*1-3-4-8-20-39(2,21-22-12-6-5-7-13-22)32(29-23(33)14-9-15-24(29)34,30-25(35)16-10-17-26(30)36)31-27(37)18-11-19-28(31)38;2-1(3)4/h3*5-7,9-19H,3-4,8,20-21H2,1-2H3;/q3*+1;-3. The van der Waals surface area contributed by atoms with Crippen molar-refractivity contribution in [2.45, 2.75) is 115 Å². The minimum Gasteiger partial charge on any atom is -0.907 e. The van der Waals surface area contributed by atoms with Crippen molar-refractivity contribution in [3.8, 4) is 0 Å². The first-order valence-corrected chi connectivity index (χ1v) is 39.4. The summed E-state index contributed by atoms with van der Waals surface area (Å²) in [5.41, 5.74) is -13.4. The largest absolute Gasteiger partial charge is 0.907 e. The molecule has 3 unspecified atom stereocenters. The van der Waals surface area contributed by atoms with Crippen LogP contribution in [0.25, 0.3) is 0 Å². The van der Waals surface area contributed by atoms with Gasteiger partial charge in [0.05, 0.1) is 90.8 Å². The van der Waals surface area contributed by atoms with Gasteiger partial charge in [0.25, 0.3) is 0 Å². The van der Waals surface area contributed by atoms with Crippen molar-refractivity contribution in [1.82, 2.24) is 0 Å². The first-order valence-electron chi connectivity index (χ1n) is 39.4. The van der Waals surface area contributed by atoms with Gasteiger partial charge in [0.15, 0.2) is 16.6 Å². The maximum absolute atomic E-state index is 16.0. The summed E-state index contributed by atoms with van der Waals surface area (Å²) in [5.74, 6) is -21.1. The normalized spacial score (nSPS) is 13.1. The third-order valence-electron chi connectivity index (χ3n) is 22.2. The number of nitrogens with zero attached hydrogens (tertiary/aromatic N) is 3. The zero-order valence-electron chi connectivity index (χ0n) is 67.3. The second-order valence-electron chi connectivity index (χ2n) is 30.2. The van der Waals surface area contributed by atoms with Gasteiger partial charge in [0.2, 0.25) is 0 Å². The average Bonchev–Trinajstić information content (AvgIpc) is 0.703. The van der Waals surface area contributed by atoms with Crippen molar-refractivity contribution in [3.63, 3.8) is 0 Å². The first-order chi connectivity index (χ1) is 57.7. The highest BCUT2D eigenvalue weighted by Gasteiger charge is 2.64. The molecule has 0 amide bonds. The van der Waals surface area contributed by atoms with E-state index in [0.29, 0.717) is 55.2 Å². The fourth-order valence-corrected chi connectivity index (χ4v) is 17.3. The summed E-state index contributed by atoms with van der Waals surface area (Å²) in [7, 11) is 1.73. The fraction of sp³-hybridized carbons (Fsp3) is 0.250. The molecular formula is C96H90BF18N3O3. The molecule has 0 radical (unpaired) electrons. The van der Waals surface area contributed by atoms with Crippen LogP contribution < -0.4 is 15.1 Å². The molecule has 12 aromatic rings. The summed E-state index contributed by atoms with van der Waals surface area (Å²) in [5, 5.41) is 25.2. The Bertz CT molecular complexity index is 4360. The first kappa shape index (κ1) is 94.1. The quantitative estimate of drug-likeness (QED) is 0.0148. The maximum Gasteiger partial charge on any atom is 0.193 e. The highest BCUT2D eigenvalue weighted by atomic mass is 19.2. The zero-order valence-corrected chi connectivity index (χ0v) is 67.3. The average molecular weight is 1690 g/mol. The van der Waals surface area contributed by atoms with Crippen molar-refractivity contribution in [1.29, 1.82) is 0 Å². The Kier molecular flexibility index (Phi) is 32.4. The van der Waals surface area contributed by atoms with E-state index in [1.54, 1.807) is 112 Å². The number of quaternary nitrogens is 3. The Morgan fingerprint density at radius 2 is 0.331 bits per heavy atom. The molecule has 0 aliphatic rings. The van der Waals surface area contributed by atoms with Gasteiger partial charge in [-0.1, -0.05) is 186 Å². The van der Waals surface area contributed by atoms with E-state index in [0.717, 1.165) is 183 Å². The van der Waals surface area contributed by atoms with Crippen LogP contribution in [0.2, 0.25) is 0 Å². The van der Waals surface area contributed by atoms with Crippen molar-refractivity contribution >= 4 is 7.32 Å². The second-order valence-corrected chi connectivity index (χ2v) is 30.2. The van der Waals surface area contributed by atoms with E-state index in [4.69, 9.17) is 15.1 Å². The molecule has 0 saturated heterocycles. The van der Waals surface area contributed by atoms with E-state index in [2.05, 4.69) is 0 Å². The highest BCUT2D eigenvalue weighted by Crippen LogP contribution is 2.57. The third-order valence-corrected chi connectivity index (χ3v) is 22.2. The van der Waals surface area contributed by atoms with Crippen molar-refractivity contribution in [2.24, 2.45) is 0 Å². The Morgan fingerprint density at radius 3 is 0.446 bits per heavy atom. The number of benzene rings is 12. The third kappa shape index (κ3) is 19.6. The van der Waals surface area contributed by atoms with Crippen molar-refractivity contribution in [3.05, 3.63) is 426 Å². The van der Waals surface area contributed by atoms with Gasteiger partial charge < -0.3 is 28.5 Å². The van der Waals surface area contributed by atoms with Crippen LogP contribution in [0.1, 0.15) is 145 Å². The lowest BCUT2D eigenvalue weighted by molar-refractivity contribution is -0.967. The molecule has 12 rings (SSSR count). The number of rotatable bonds is 30. The van der Waals surface area contributed by atoms with Gasteiger partial charge in [0, 0.05) is 16.7 Å². The summed E-state index contributed by atoms with van der Waals surface area (Å²) >= 11 is 0. The van der Waals surface area contributed by atoms with Crippen LogP contribution in [-0.2, 0) is 36.3 Å². The maximum atomic E-state index is 16.0. The van der Waals surface area contributed by atoms with E-state index in [1.165, 1.54) is 0 Å². The molecule has 3 atom stereocenters. The van der Waals surface area contributed by atoms with Gasteiger partial charge in [-0.3, -0.25) is 7.32 Å². The van der Waals surface area contributed by atoms with Crippen LogP contribution in [0.5, 0.6) is 0 Å². The molecule has 0 saturated carbocycles. The summed E-state index contributed by atoms with van der Waals surface area (Å²) < 4.78 is 286. The predicted molar refractivity (Wildman–Crippen MR) is 425 cm³/mol. The molecule has 0 aliphatic carbocycles. The van der Waals surface area contributed by atoms with E-state index >= 15 is 79.0 Å². The molecule has 25 heteroatoms. The van der Waals surface area contributed by atoms with Gasteiger partial charge in [-0.05, 0) is 148 Å². The molecule has 0 aromatic heterocycles. The summed E-state index contributed by atoms with van der Waals surface area (Å²) in [6, 6.07) is 53.2. The van der Waals surface area contributed by atoms with Crippen LogP contribution in [0.4, 0.5) is 79.0 Å². The number of halogens is 18. The fourth-order valence-electron chi connectivity index (χ4n) is 17.3. The lowest BCUT2D eigenvalue weighted by Crippen LogP contribution is -2.63. The van der Waals surface area contributed by atoms with Gasteiger partial charge in [-0.15, -0.1) is 0 Å². The number of hydrogen-bond donors (Lipinski definition) is 0. The molecule has 12 aromatic carbocycles. The summed E-state index contributed by atoms with van der Waals surface area (Å²) in [6.07, 6.45) is 5.74. The lowest BCUT2D eigenvalue weighted by Gasteiger charge is -2.52. The van der Waals surface area contributed by atoms with Gasteiger partial charge in [-0.2, -0.15) is 0 Å². The highest BCUT2D eigenvalue weighted by molar-refractivity contribution is 6.24. The molecule has 121 heavy (non-hydrogen) atoms. The molecule has 0 fully saturated rings. The van der Waals surface area contributed by atoms with Crippen molar-refractivity contribution in [2.75, 3.05) is 40.8 Å². The minimum absolute atomic E-state index is 0.0418. The van der Waals surface area contributed by atoms with Gasteiger partial charge >= 0.3 is 0 Å². The SMILES string of the molecule is CCCCC[N+](C)(Cc1ccccc1)C(c1c(F)cccc1F)(c1c(F)cccc1F)c1c(F)cccc1F.CCCCC[N+](C)(Cc1ccccc1)C(c1c(F)cccc1F)(c1c(F)cccc1F)c1c(F)cccc1F.CCCCC[N+](C)(Cc1ccccc1)C(c1c(F)cccc1F)(c1c(F)cccc1F)c1c(F)cccc1F.[O-]B([O-])[O-]. The van der Waals surface area contributed by atoms with E-state index in [-0.39, 0.29) is 39.3 Å². The second kappa shape index (κ2) is 41.7. The van der Waals surface area contributed by atoms with E-state index < -0.39 is 192 Å². The zero-order chi connectivity index (χ0) is 88.2. The molecule has 0 aliphatic heterocycles. The van der Waals surface area contributed by atoms with Crippen LogP contribution in [0.15, 0.2) is 255 Å². The molecule has 6 nitrogen and oxygen atoms in total. The molecular weight excluding hydrogens is 1600 g/mol.